The van der Waals surface area contributed by atoms with Crippen LogP contribution in [0, 0.1) is 13.8 Å². The molecule has 0 saturated carbocycles. The summed E-state index contributed by atoms with van der Waals surface area (Å²) in [5, 5.41) is 0. The molecule has 10 aromatic heterocycles. The van der Waals surface area contributed by atoms with Gasteiger partial charge in [0.2, 0.25) is 5.95 Å². The van der Waals surface area contributed by atoms with Gasteiger partial charge in [-0.1, -0.05) is 6.92 Å². The zero-order chi connectivity index (χ0) is 89.6. The average molecular weight is 1990 g/mol. The number of fused-ring (bicyclic) bond motifs is 4. The van der Waals surface area contributed by atoms with Crippen LogP contribution >= 0.6 is 40.3 Å². The summed E-state index contributed by atoms with van der Waals surface area (Å²) in [5.41, 5.74) is 22.3. The first-order valence-electron chi connectivity index (χ1n) is 37.7. The lowest BCUT2D eigenvalue weighted by Gasteiger charge is -2.28. The number of H-pyrrole nitrogens is 3. The van der Waals surface area contributed by atoms with E-state index in [1.165, 1.54) is 88.8 Å². The minimum absolute atomic E-state index is 0.00228. The quantitative estimate of drug-likeness (QED) is 0.0244. The molecule has 23 atom stereocenters. The molecule has 53 nitrogen and oxygen atoms in total. The number of hydrogen-bond acceptors (Lipinski definition) is 43. The number of aromatic nitrogens is 20. The highest BCUT2D eigenvalue weighted by Gasteiger charge is 2.50. The van der Waals surface area contributed by atoms with Crippen LogP contribution in [0.25, 0.3) is 44.7 Å². The van der Waals surface area contributed by atoms with Crippen molar-refractivity contribution in [3.63, 3.8) is 0 Å². The second-order valence-electron chi connectivity index (χ2n) is 29.3. The van der Waals surface area contributed by atoms with E-state index in [2.05, 4.69) is 69.8 Å². The fraction of sp³-hybridized carbons (Fsp3) is 0.541. The van der Waals surface area contributed by atoms with E-state index >= 15 is 0 Å². The number of imidazole rings is 4. The molecule has 0 aliphatic carbocycles. The summed E-state index contributed by atoms with van der Waals surface area (Å²) in [7, 11) is 0. The maximum absolute atomic E-state index is 13.4. The van der Waals surface area contributed by atoms with E-state index in [4.69, 9.17) is 172 Å². The first kappa shape index (κ1) is 92.8. The monoisotopic (exact) mass is 1990 g/mol. The second kappa shape index (κ2) is 36.9. The topological polar surface area (TPSA) is 707 Å². The molecule has 16 heterocycles. The maximum atomic E-state index is 13.4. The summed E-state index contributed by atoms with van der Waals surface area (Å²) in [4.78, 5) is 198. The van der Waals surface area contributed by atoms with E-state index in [0.29, 0.717) is 6.42 Å². The van der Waals surface area contributed by atoms with E-state index < -0.39 is 212 Å². The van der Waals surface area contributed by atoms with E-state index in [9.17, 15) is 58.2 Å². The third-order valence-corrected chi connectivity index (χ3v) is 29.6. The van der Waals surface area contributed by atoms with Gasteiger partial charge in [0.25, 0.3) is 16.7 Å². The summed E-state index contributed by atoms with van der Waals surface area (Å²) in [6, 6.07) is 0. The largest absolute Gasteiger partial charge is 0.382 e. The standard InChI is InChI=1S/C61H78N24O29P6S6/c1-4-27-28(5-44(103-27)85-24-75-48-55(85)76-59(65)77-58(48)88)110-116(93,122)99-14-35-30(7-40(105-35)81-12-26(3)57(87)79-61(81)90)111-118(95,124)100-15-36-32(9-42(106-36)83-22-73-46-50(63)67-19-70-53(46)83)113-120(97,126)102-17-38-33(10-43(108-38)84-23-74-47-51(64)68-20-71-54(47)84)114-119(96,125)101-16-37-31(8-41(107-37)82-21-72-45-49(62)66-18-69-52(45)82)112-117(94,123)98-13-34-29(109-115(91,92)121)6-39(104-34)80-11-25(2)56(86)78-60(80)89/h11-12,18-24,27-44H,4-10,13-17H2,1-3H3,(H,93,122)(H,94,123)(H,95,124)(H,96,125)(H,97,126)(H2,62,66,69)(H2,63,67,70)(H2,64,68,71)(H,78,86,89)(H,79,87,90)(H2,91,92,121)(H3,65,76,77,88)/t27-,28-,29-,30-,31-,32-,33-,34-,35-,36-,37-,38-,39-,40-,41-,42-,43-,44-,116?,117?,118?,119?,120?/m1/s1. The Labute approximate surface area is 736 Å². The van der Waals surface area contributed by atoms with Crippen molar-refractivity contribution in [1.29, 1.82) is 0 Å². The Kier molecular flexibility index (Phi) is 27.2. The number of hydrogen-bond donors (Lipinski definition) is 14. The van der Waals surface area contributed by atoms with Crippen molar-refractivity contribution in [3.8, 4) is 0 Å². The SMILES string of the molecule is CC[C@H]1O[C@@H](n2cnc3c(=O)[nH]c(N)nc32)C[C@H]1OP(O)(=S)OC[C@H]1O[C@@H](n2cc(C)c(=O)[nH]c2=O)C[C@H]1OP(O)(=S)OC[C@H]1O[C@@H](n2cnc3c(N)ncnc32)C[C@H]1OP(O)(=S)OC[C@H]1O[C@@H](n2cnc3c(N)ncnc32)C[C@H]1OP(O)(=S)OC[C@H]1O[C@@H](n2cnc3c(N)ncnc32)C[C@H]1OP(O)(=S)OC[C@H]1O[C@@H](n2cc(C)c(=O)[nH]c2=O)C[C@H]1OP(O)(O)=S. The molecule has 16 rings (SSSR count). The summed E-state index contributed by atoms with van der Waals surface area (Å²) in [6.07, 6.45) is -10.5. The normalized spacial score (nSPS) is 29.0. The van der Waals surface area contributed by atoms with Crippen molar-refractivity contribution < 1.29 is 112 Å². The molecular formula is C61H78N24O29P6S6. The lowest BCUT2D eigenvalue weighted by atomic mass is 10.1. The van der Waals surface area contributed by atoms with Crippen molar-refractivity contribution in [2.75, 3.05) is 56.0 Å². The van der Waals surface area contributed by atoms with Crippen LogP contribution in [0.15, 0.2) is 80.7 Å². The number of nitrogen functional groups attached to an aromatic ring is 4. The molecule has 0 radical (unpaired) electrons. The van der Waals surface area contributed by atoms with Crippen LogP contribution < -0.4 is 51.0 Å². The first-order chi connectivity index (χ1) is 59.6. The molecule has 65 heteroatoms. The number of rotatable bonds is 34. The van der Waals surface area contributed by atoms with Crippen LogP contribution in [0.3, 0.4) is 0 Å². The van der Waals surface area contributed by atoms with Crippen LogP contribution in [0.4, 0.5) is 23.4 Å². The highest BCUT2D eigenvalue weighted by Crippen LogP contribution is 2.58. The van der Waals surface area contributed by atoms with Crippen molar-refractivity contribution in [2.45, 2.75) is 176 Å². The van der Waals surface area contributed by atoms with Gasteiger partial charge in [-0.15, -0.1) is 0 Å². The molecule has 682 valence electrons. The van der Waals surface area contributed by atoms with Gasteiger partial charge in [-0.25, -0.2) is 59.4 Å². The Hall–Kier alpha value is -6.50. The van der Waals surface area contributed by atoms with Gasteiger partial charge in [-0.2, -0.15) is 4.98 Å². The molecule has 10 aromatic rings. The number of anilines is 4. The molecule has 6 saturated heterocycles. The third kappa shape index (κ3) is 20.7. The zero-order valence-electron chi connectivity index (χ0n) is 65.2. The molecule has 126 heavy (non-hydrogen) atoms. The molecule has 6 fully saturated rings. The molecular weight excluding hydrogens is 1910 g/mol. The number of aromatic amines is 3. The Bertz CT molecular complexity index is 6450. The van der Waals surface area contributed by atoms with Crippen LogP contribution in [0.5, 0.6) is 0 Å². The number of nitrogens with zero attached hydrogens (tertiary/aromatic N) is 17. The molecule has 6 aliphatic rings. The molecule has 0 aromatic carbocycles. The van der Waals surface area contributed by atoms with Crippen molar-refractivity contribution in [2.24, 2.45) is 0 Å². The number of nitrogens with two attached hydrogens (primary N) is 4. The lowest BCUT2D eigenvalue weighted by molar-refractivity contribution is -0.0560. The molecule has 5 unspecified atom stereocenters. The lowest BCUT2D eigenvalue weighted by Crippen LogP contribution is -2.33. The Morgan fingerprint density at radius 2 is 0.643 bits per heavy atom. The summed E-state index contributed by atoms with van der Waals surface area (Å²) < 4.78 is 113. The van der Waals surface area contributed by atoms with Gasteiger partial charge < -0.3 is 135 Å². The third-order valence-electron chi connectivity index (χ3n) is 20.9. The van der Waals surface area contributed by atoms with E-state index in [0.717, 1.165) is 9.13 Å². The minimum atomic E-state index is -4.62. The average Bonchev–Trinajstić information content (AvgIpc) is 1.64. The molecule has 0 bridgehead atoms. The second-order valence-corrected chi connectivity index (χ2v) is 45.8. The van der Waals surface area contributed by atoms with Crippen LogP contribution in [-0.4, -0.2) is 238 Å². The van der Waals surface area contributed by atoms with Gasteiger partial charge in [0.1, 0.15) is 103 Å². The van der Waals surface area contributed by atoms with Gasteiger partial charge >= 0.3 is 51.7 Å². The summed E-state index contributed by atoms with van der Waals surface area (Å²) in [6.45, 7) is -25.7. The van der Waals surface area contributed by atoms with Gasteiger partial charge in [0, 0.05) is 62.0 Å². The first-order valence-corrected chi connectivity index (χ1v) is 53.3. The maximum Gasteiger partial charge on any atom is 0.330 e. The molecule has 18 N–H and O–H groups in total. The predicted octanol–water partition coefficient (Wildman–Crippen LogP) is 0.508. The van der Waals surface area contributed by atoms with E-state index in [1.807, 2.05) is 0 Å². The van der Waals surface area contributed by atoms with Crippen LogP contribution in [-0.2, 0) is 149 Å². The fourth-order valence-electron chi connectivity index (χ4n) is 15.0. The van der Waals surface area contributed by atoms with Crippen LogP contribution in [0.2, 0.25) is 0 Å². The van der Waals surface area contributed by atoms with Gasteiger partial charge in [-0.3, -0.25) is 56.7 Å². The van der Waals surface area contributed by atoms with Crippen LogP contribution in [0.1, 0.15) is 100 Å². The predicted molar refractivity (Wildman–Crippen MR) is 456 cm³/mol. The van der Waals surface area contributed by atoms with E-state index in [1.54, 1.807) is 6.92 Å². The Morgan fingerprint density at radius 1 is 0.373 bits per heavy atom. The highest BCUT2D eigenvalue weighted by molar-refractivity contribution is 8.08. The molecule has 0 spiro atoms. The summed E-state index contributed by atoms with van der Waals surface area (Å²) in [5.74, 6) is -0.100. The van der Waals surface area contributed by atoms with Crippen molar-refractivity contribution in [1.82, 2.24) is 97.2 Å². The minimum Gasteiger partial charge on any atom is -0.382 e. The zero-order valence-corrected chi connectivity index (χ0v) is 75.5. The Balaban J connectivity index is 0.613. The van der Waals surface area contributed by atoms with Gasteiger partial charge in [-0.05, 0) is 91.1 Å². The number of nitrogens with one attached hydrogen (secondary N) is 3. The molecule has 6 aliphatic heterocycles. The number of ether oxygens (including phenoxy) is 6. The summed E-state index contributed by atoms with van der Waals surface area (Å²) >= 11 is 33.0. The molecule has 0 amide bonds. The smallest absolute Gasteiger partial charge is 0.330 e. The number of aryl methyl sites for hydroxylation is 2. The fourth-order valence-corrected chi connectivity index (χ4v) is 23.3. The van der Waals surface area contributed by atoms with Gasteiger partial charge in [0.15, 0.2) is 45.6 Å². The Morgan fingerprint density at radius 3 is 0.944 bits per heavy atom. The van der Waals surface area contributed by atoms with Gasteiger partial charge in [0.05, 0.1) is 101 Å². The van der Waals surface area contributed by atoms with E-state index in [-0.39, 0.29) is 118 Å². The van der Waals surface area contributed by atoms with Crippen molar-refractivity contribution in [3.05, 3.63) is 120 Å². The van der Waals surface area contributed by atoms with Crippen molar-refractivity contribution >= 4 is 179 Å². The highest BCUT2D eigenvalue weighted by atomic mass is 32.5.